The number of thiophene rings is 1. The smallest absolute Gasteiger partial charge is 0.251 e. The molecule has 0 aliphatic rings. The summed E-state index contributed by atoms with van der Waals surface area (Å²) in [5.41, 5.74) is 3.54. The Kier molecular flexibility index (Phi) is 2.94. The van der Waals surface area contributed by atoms with Crippen molar-refractivity contribution in [3.05, 3.63) is 40.5 Å². The predicted molar refractivity (Wildman–Crippen MR) is 70.3 cm³/mol. The third-order valence-electron chi connectivity index (χ3n) is 2.80. The highest BCUT2D eigenvalue weighted by Crippen LogP contribution is 2.33. The molecule has 3 aromatic rings. The topological polar surface area (TPSA) is 38.7 Å². The quantitative estimate of drug-likeness (QED) is 0.710. The van der Waals surface area contributed by atoms with Crippen molar-refractivity contribution in [3.8, 4) is 11.1 Å². The Bertz CT molecular complexity index is 740. The zero-order valence-corrected chi connectivity index (χ0v) is 10.8. The van der Waals surface area contributed by atoms with Gasteiger partial charge in [0, 0.05) is 23.7 Å². The Hall–Kier alpha value is -1.95. The standard InChI is InChI=1S/C13H9F2N3S/c1-7-9(8-4-11(12(14)15)19-6-8)5-10-13(18-7)17-3-2-16-10/h2-6,12H,1H3. The first-order valence-corrected chi connectivity index (χ1v) is 6.48. The molecule has 0 fully saturated rings. The van der Waals surface area contributed by atoms with Gasteiger partial charge in [0.05, 0.1) is 4.88 Å². The molecule has 3 rings (SSSR count). The van der Waals surface area contributed by atoms with Crippen molar-refractivity contribution in [2.24, 2.45) is 0 Å². The summed E-state index contributed by atoms with van der Waals surface area (Å²) in [7, 11) is 0. The SMILES string of the molecule is Cc1nc2nccnc2cc1-c1csc(C(F)F)c1. The van der Waals surface area contributed by atoms with Gasteiger partial charge in [0.1, 0.15) is 5.52 Å². The number of aryl methyl sites for hydroxylation is 1. The van der Waals surface area contributed by atoms with Gasteiger partial charge >= 0.3 is 0 Å². The van der Waals surface area contributed by atoms with Gasteiger partial charge in [-0.05, 0) is 30.0 Å². The van der Waals surface area contributed by atoms with Gasteiger partial charge in [-0.25, -0.2) is 18.7 Å². The molecule has 3 aromatic heterocycles. The average Bonchev–Trinajstić information content (AvgIpc) is 2.87. The van der Waals surface area contributed by atoms with Gasteiger partial charge in [-0.1, -0.05) is 0 Å². The van der Waals surface area contributed by atoms with E-state index in [1.54, 1.807) is 17.8 Å². The highest BCUT2D eigenvalue weighted by atomic mass is 32.1. The van der Waals surface area contributed by atoms with Crippen molar-refractivity contribution >= 4 is 22.5 Å². The molecule has 0 aromatic carbocycles. The highest BCUT2D eigenvalue weighted by Gasteiger charge is 2.13. The summed E-state index contributed by atoms with van der Waals surface area (Å²) in [4.78, 5) is 12.7. The first-order valence-electron chi connectivity index (χ1n) is 5.60. The van der Waals surface area contributed by atoms with E-state index >= 15 is 0 Å². The van der Waals surface area contributed by atoms with Gasteiger partial charge < -0.3 is 0 Å². The molecule has 0 unspecified atom stereocenters. The van der Waals surface area contributed by atoms with Crippen molar-refractivity contribution in [1.29, 1.82) is 0 Å². The van der Waals surface area contributed by atoms with Gasteiger partial charge in [-0.3, -0.25) is 4.98 Å². The molecule has 0 amide bonds. The largest absolute Gasteiger partial charge is 0.272 e. The molecule has 6 heteroatoms. The van der Waals surface area contributed by atoms with Crippen LogP contribution in [-0.4, -0.2) is 15.0 Å². The number of rotatable bonds is 2. The average molecular weight is 277 g/mol. The molecule has 0 radical (unpaired) electrons. The van der Waals surface area contributed by atoms with E-state index in [4.69, 9.17) is 0 Å². The van der Waals surface area contributed by atoms with E-state index in [9.17, 15) is 8.78 Å². The molecule has 0 bridgehead atoms. The Morgan fingerprint density at radius 3 is 2.68 bits per heavy atom. The molecular weight excluding hydrogens is 268 g/mol. The van der Waals surface area contributed by atoms with E-state index in [-0.39, 0.29) is 4.88 Å². The fraction of sp³-hybridized carbons (Fsp3) is 0.154. The van der Waals surface area contributed by atoms with Crippen LogP contribution < -0.4 is 0 Å². The van der Waals surface area contributed by atoms with E-state index in [1.807, 2.05) is 13.0 Å². The maximum Gasteiger partial charge on any atom is 0.272 e. The third-order valence-corrected chi connectivity index (χ3v) is 3.74. The number of hydrogen-bond donors (Lipinski definition) is 0. The lowest BCUT2D eigenvalue weighted by Gasteiger charge is -2.04. The minimum atomic E-state index is -2.44. The van der Waals surface area contributed by atoms with Gasteiger partial charge in [-0.15, -0.1) is 11.3 Å². The molecule has 0 saturated carbocycles. The number of hydrogen-bond acceptors (Lipinski definition) is 4. The molecule has 19 heavy (non-hydrogen) atoms. The van der Waals surface area contributed by atoms with Crippen LogP contribution in [0.4, 0.5) is 8.78 Å². The predicted octanol–water partition coefficient (Wildman–Crippen LogP) is 4.00. The Balaban J connectivity index is 2.15. The number of aromatic nitrogens is 3. The van der Waals surface area contributed by atoms with Crippen molar-refractivity contribution in [1.82, 2.24) is 15.0 Å². The zero-order chi connectivity index (χ0) is 13.4. The fourth-order valence-electron chi connectivity index (χ4n) is 1.89. The number of pyridine rings is 1. The molecule has 0 spiro atoms. The first-order chi connectivity index (χ1) is 9.15. The van der Waals surface area contributed by atoms with Crippen LogP contribution in [0.2, 0.25) is 0 Å². The van der Waals surface area contributed by atoms with Gasteiger partial charge in [-0.2, -0.15) is 0 Å². The lowest BCUT2D eigenvalue weighted by Crippen LogP contribution is -1.92. The summed E-state index contributed by atoms with van der Waals surface area (Å²) in [6, 6.07) is 3.34. The number of fused-ring (bicyclic) bond motifs is 1. The van der Waals surface area contributed by atoms with Crippen molar-refractivity contribution < 1.29 is 8.78 Å². The summed E-state index contributed by atoms with van der Waals surface area (Å²) in [6.07, 6.45) is 0.724. The van der Waals surface area contributed by atoms with E-state index in [0.717, 1.165) is 28.2 Å². The molecule has 3 nitrogen and oxygen atoms in total. The first kappa shape index (κ1) is 12.1. The second kappa shape index (κ2) is 4.62. The summed E-state index contributed by atoms with van der Waals surface area (Å²) in [6.45, 7) is 1.84. The van der Waals surface area contributed by atoms with Crippen LogP contribution in [-0.2, 0) is 0 Å². The minimum Gasteiger partial charge on any atom is -0.251 e. The molecule has 96 valence electrons. The van der Waals surface area contributed by atoms with E-state index in [1.165, 1.54) is 6.07 Å². The fourth-order valence-corrected chi connectivity index (χ4v) is 2.65. The van der Waals surface area contributed by atoms with E-state index in [2.05, 4.69) is 15.0 Å². The molecule has 0 N–H and O–H groups in total. The zero-order valence-electron chi connectivity index (χ0n) is 9.97. The molecule has 3 heterocycles. The van der Waals surface area contributed by atoms with Crippen LogP contribution in [0.15, 0.2) is 29.9 Å². The minimum absolute atomic E-state index is 0.0636. The Labute approximate surface area is 112 Å². The summed E-state index contributed by atoms with van der Waals surface area (Å²) >= 11 is 1.05. The highest BCUT2D eigenvalue weighted by molar-refractivity contribution is 7.10. The van der Waals surface area contributed by atoms with Crippen LogP contribution >= 0.6 is 11.3 Å². The molecule has 0 aliphatic heterocycles. The third kappa shape index (κ3) is 2.19. The second-order valence-electron chi connectivity index (χ2n) is 4.06. The lowest BCUT2D eigenvalue weighted by atomic mass is 10.1. The van der Waals surface area contributed by atoms with Crippen LogP contribution in [0, 0.1) is 6.92 Å². The van der Waals surface area contributed by atoms with Crippen molar-refractivity contribution in [3.63, 3.8) is 0 Å². The van der Waals surface area contributed by atoms with Crippen LogP contribution in [0.5, 0.6) is 0 Å². The van der Waals surface area contributed by atoms with E-state index < -0.39 is 6.43 Å². The Morgan fingerprint density at radius 2 is 1.95 bits per heavy atom. The van der Waals surface area contributed by atoms with Crippen LogP contribution in [0.25, 0.3) is 22.3 Å². The van der Waals surface area contributed by atoms with E-state index in [0.29, 0.717) is 11.2 Å². The molecular formula is C13H9F2N3S. The molecule has 0 saturated heterocycles. The maximum atomic E-state index is 12.6. The van der Waals surface area contributed by atoms with Crippen molar-refractivity contribution in [2.45, 2.75) is 13.3 Å². The maximum absolute atomic E-state index is 12.6. The van der Waals surface area contributed by atoms with Gasteiger partial charge in [0.15, 0.2) is 5.65 Å². The summed E-state index contributed by atoms with van der Waals surface area (Å²) < 4.78 is 25.2. The number of nitrogens with zero attached hydrogens (tertiary/aromatic N) is 3. The Morgan fingerprint density at radius 1 is 1.16 bits per heavy atom. The molecule has 0 atom stereocenters. The summed E-state index contributed by atoms with van der Waals surface area (Å²) in [5, 5.41) is 1.72. The van der Waals surface area contributed by atoms with Gasteiger partial charge in [0.25, 0.3) is 6.43 Å². The second-order valence-corrected chi connectivity index (χ2v) is 5.00. The van der Waals surface area contributed by atoms with Crippen LogP contribution in [0.3, 0.4) is 0 Å². The summed E-state index contributed by atoms with van der Waals surface area (Å²) in [5.74, 6) is 0. The number of halogens is 2. The monoisotopic (exact) mass is 277 g/mol. The lowest BCUT2D eigenvalue weighted by molar-refractivity contribution is 0.155. The number of alkyl halides is 2. The van der Waals surface area contributed by atoms with Crippen molar-refractivity contribution in [2.75, 3.05) is 0 Å². The van der Waals surface area contributed by atoms with Crippen LogP contribution in [0.1, 0.15) is 17.0 Å². The molecule has 0 aliphatic carbocycles. The normalized spacial score (nSPS) is 11.4. The van der Waals surface area contributed by atoms with Gasteiger partial charge in [0.2, 0.25) is 0 Å².